The van der Waals surface area contributed by atoms with E-state index in [4.69, 9.17) is 16.7 Å². The van der Waals surface area contributed by atoms with Crippen LogP contribution in [0.4, 0.5) is 10.1 Å². The van der Waals surface area contributed by atoms with Gasteiger partial charge in [0.2, 0.25) is 0 Å². The number of hydrogen-bond acceptors (Lipinski definition) is 4. The van der Waals surface area contributed by atoms with Crippen LogP contribution in [0.15, 0.2) is 32.9 Å². The van der Waals surface area contributed by atoms with E-state index in [1.54, 1.807) is 0 Å². The molecule has 2 rings (SSSR count). The third-order valence-corrected chi connectivity index (χ3v) is 6.25. The number of halogens is 3. The molecular formula is C11H6BrClFNO4S2. The van der Waals surface area contributed by atoms with Crippen LogP contribution in [0, 0.1) is 5.82 Å². The molecule has 1 aromatic carbocycles. The largest absolute Gasteiger partial charge is 0.477 e. The van der Waals surface area contributed by atoms with E-state index in [9.17, 15) is 17.6 Å². The van der Waals surface area contributed by atoms with Gasteiger partial charge in [-0.15, -0.1) is 11.3 Å². The van der Waals surface area contributed by atoms with Crippen molar-refractivity contribution >= 4 is 60.5 Å². The SMILES string of the molecule is O=C(O)c1cc(S(=O)(=O)Nc2ccc(F)cc2Cl)c(Br)s1. The number of sulfonamides is 1. The molecule has 0 saturated carbocycles. The highest BCUT2D eigenvalue weighted by atomic mass is 79.9. The van der Waals surface area contributed by atoms with Crippen LogP contribution in [0.3, 0.4) is 0 Å². The van der Waals surface area contributed by atoms with Crippen LogP contribution >= 0.6 is 38.9 Å². The van der Waals surface area contributed by atoms with Crippen molar-refractivity contribution in [1.29, 1.82) is 0 Å². The lowest BCUT2D eigenvalue weighted by atomic mass is 10.3. The molecule has 0 aliphatic carbocycles. The first-order valence-corrected chi connectivity index (χ1v) is 8.68. The van der Waals surface area contributed by atoms with Crippen molar-refractivity contribution in [1.82, 2.24) is 0 Å². The van der Waals surface area contributed by atoms with Crippen LogP contribution in [-0.4, -0.2) is 19.5 Å². The maximum Gasteiger partial charge on any atom is 0.345 e. The molecule has 10 heteroatoms. The van der Waals surface area contributed by atoms with Crippen molar-refractivity contribution < 1.29 is 22.7 Å². The molecule has 0 bridgehead atoms. The van der Waals surface area contributed by atoms with Gasteiger partial charge in [-0.1, -0.05) is 11.6 Å². The Kier molecular flexibility index (Phi) is 4.57. The van der Waals surface area contributed by atoms with Crippen molar-refractivity contribution in [3.63, 3.8) is 0 Å². The third-order valence-electron chi connectivity index (χ3n) is 2.33. The quantitative estimate of drug-likeness (QED) is 0.797. The average molecular weight is 415 g/mol. The Labute approximate surface area is 136 Å². The molecule has 5 nitrogen and oxygen atoms in total. The number of carbonyl (C=O) groups is 1. The summed E-state index contributed by atoms with van der Waals surface area (Å²) in [4.78, 5) is 10.5. The van der Waals surface area contributed by atoms with E-state index in [1.807, 2.05) is 0 Å². The number of carboxylic acids is 1. The van der Waals surface area contributed by atoms with E-state index in [0.29, 0.717) is 0 Å². The van der Waals surface area contributed by atoms with Gasteiger partial charge in [0.25, 0.3) is 10.0 Å². The number of anilines is 1. The maximum atomic E-state index is 12.9. The first kappa shape index (κ1) is 16.2. The van der Waals surface area contributed by atoms with Crippen LogP contribution in [0.1, 0.15) is 9.67 Å². The summed E-state index contributed by atoms with van der Waals surface area (Å²) < 4.78 is 39.7. The Morgan fingerprint density at radius 2 is 2.05 bits per heavy atom. The van der Waals surface area contributed by atoms with Crippen molar-refractivity contribution in [2.45, 2.75) is 4.90 Å². The Morgan fingerprint density at radius 1 is 1.38 bits per heavy atom. The molecule has 2 aromatic rings. The molecule has 0 saturated heterocycles. The van der Waals surface area contributed by atoms with E-state index in [1.165, 1.54) is 6.07 Å². The number of thiophene rings is 1. The lowest BCUT2D eigenvalue weighted by molar-refractivity contribution is 0.0702. The summed E-state index contributed by atoms with van der Waals surface area (Å²) >= 11 is 9.53. The fourth-order valence-electron chi connectivity index (χ4n) is 1.41. The second kappa shape index (κ2) is 5.91. The molecule has 112 valence electrons. The molecule has 1 aromatic heterocycles. The Bertz CT molecular complexity index is 822. The number of hydrogen-bond donors (Lipinski definition) is 2. The predicted molar refractivity (Wildman–Crippen MR) is 81.2 cm³/mol. The number of benzene rings is 1. The maximum absolute atomic E-state index is 12.9. The molecule has 0 aliphatic heterocycles. The second-order valence-electron chi connectivity index (χ2n) is 3.78. The average Bonchev–Trinajstić information content (AvgIpc) is 2.76. The highest BCUT2D eigenvalue weighted by Gasteiger charge is 2.24. The minimum Gasteiger partial charge on any atom is -0.477 e. The Balaban J connectivity index is 2.41. The molecule has 1 heterocycles. The second-order valence-corrected chi connectivity index (χ2v) is 8.21. The van der Waals surface area contributed by atoms with E-state index in [2.05, 4.69) is 20.7 Å². The molecule has 2 N–H and O–H groups in total. The minimum absolute atomic E-state index is 0.00644. The molecule has 0 amide bonds. The monoisotopic (exact) mass is 413 g/mol. The van der Waals surface area contributed by atoms with Crippen molar-refractivity contribution in [3.8, 4) is 0 Å². The summed E-state index contributed by atoms with van der Waals surface area (Å²) in [6, 6.07) is 4.21. The van der Waals surface area contributed by atoms with Crippen molar-refractivity contribution in [3.05, 3.63) is 43.8 Å². The predicted octanol–water partition coefficient (Wildman–Crippen LogP) is 3.80. The number of nitrogens with one attached hydrogen (secondary N) is 1. The molecule has 0 unspecified atom stereocenters. The summed E-state index contributed by atoms with van der Waals surface area (Å²) in [6.45, 7) is 0. The summed E-state index contributed by atoms with van der Waals surface area (Å²) in [7, 11) is -4.05. The summed E-state index contributed by atoms with van der Waals surface area (Å²) in [5.41, 5.74) is -0.00644. The van der Waals surface area contributed by atoms with Gasteiger partial charge in [-0.3, -0.25) is 4.72 Å². The van der Waals surface area contributed by atoms with E-state index in [0.717, 1.165) is 29.5 Å². The number of rotatable bonds is 4. The molecule has 0 radical (unpaired) electrons. The lowest BCUT2D eigenvalue weighted by Gasteiger charge is -2.08. The molecule has 0 spiro atoms. The third kappa shape index (κ3) is 3.54. The van der Waals surface area contributed by atoms with Crippen LogP contribution in [0.5, 0.6) is 0 Å². The van der Waals surface area contributed by atoms with Gasteiger partial charge in [-0.2, -0.15) is 0 Å². The highest BCUT2D eigenvalue weighted by Crippen LogP contribution is 2.34. The zero-order valence-corrected chi connectivity index (χ0v) is 13.9. The number of aromatic carboxylic acids is 1. The summed E-state index contributed by atoms with van der Waals surface area (Å²) in [6.07, 6.45) is 0. The van der Waals surface area contributed by atoms with E-state index < -0.39 is 21.8 Å². The van der Waals surface area contributed by atoms with Crippen LogP contribution in [0.2, 0.25) is 5.02 Å². The minimum atomic E-state index is -4.05. The zero-order chi connectivity index (χ0) is 15.8. The normalized spacial score (nSPS) is 11.4. The van der Waals surface area contributed by atoms with Gasteiger partial charge < -0.3 is 5.11 Å². The standard InChI is InChI=1S/C11H6BrClFNO4S2/c12-10-9(4-8(20-10)11(16)17)21(18,19)15-7-2-1-5(14)3-6(7)13/h1-4,15H,(H,16,17). The fraction of sp³-hybridized carbons (Fsp3) is 0. The van der Waals surface area contributed by atoms with Gasteiger partial charge in [0, 0.05) is 0 Å². The molecule has 21 heavy (non-hydrogen) atoms. The van der Waals surface area contributed by atoms with Crippen LogP contribution in [0.25, 0.3) is 0 Å². The molecular weight excluding hydrogens is 409 g/mol. The molecule has 0 atom stereocenters. The van der Waals surface area contributed by atoms with Gasteiger partial charge in [-0.25, -0.2) is 17.6 Å². The summed E-state index contributed by atoms with van der Waals surface area (Å²) in [5.74, 6) is -1.84. The van der Waals surface area contributed by atoms with Gasteiger partial charge in [-0.05, 0) is 40.2 Å². The van der Waals surface area contributed by atoms with Gasteiger partial charge >= 0.3 is 5.97 Å². The van der Waals surface area contributed by atoms with E-state index >= 15 is 0 Å². The van der Waals surface area contributed by atoms with Crippen LogP contribution in [-0.2, 0) is 10.0 Å². The smallest absolute Gasteiger partial charge is 0.345 e. The van der Waals surface area contributed by atoms with Crippen LogP contribution < -0.4 is 4.72 Å². The first-order chi connectivity index (χ1) is 9.70. The Morgan fingerprint density at radius 3 is 2.57 bits per heavy atom. The zero-order valence-electron chi connectivity index (χ0n) is 9.93. The van der Waals surface area contributed by atoms with E-state index in [-0.39, 0.29) is 24.3 Å². The highest BCUT2D eigenvalue weighted by molar-refractivity contribution is 9.11. The van der Waals surface area contributed by atoms with Gasteiger partial charge in [0.1, 0.15) is 15.6 Å². The fourth-order valence-corrected chi connectivity index (χ4v) is 5.17. The lowest BCUT2D eigenvalue weighted by Crippen LogP contribution is -2.13. The van der Waals surface area contributed by atoms with Gasteiger partial charge in [0.15, 0.2) is 0 Å². The Hall–Kier alpha value is -1.16. The molecule has 0 aliphatic rings. The molecule has 0 fully saturated rings. The number of carboxylic acid groups (broad SMARTS) is 1. The first-order valence-electron chi connectivity index (χ1n) is 5.21. The van der Waals surface area contributed by atoms with Gasteiger partial charge in [0.05, 0.1) is 14.5 Å². The summed E-state index contributed by atoms with van der Waals surface area (Å²) in [5, 5.41) is 8.76. The van der Waals surface area contributed by atoms with Crippen molar-refractivity contribution in [2.75, 3.05) is 4.72 Å². The van der Waals surface area contributed by atoms with Crippen molar-refractivity contribution in [2.24, 2.45) is 0 Å². The topological polar surface area (TPSA) is 83.5 Å².